The molecule has 0 bridgehead atoms. The molecule has 5 heteroatoms. The summed E-state index contributed by atoms with van der Waals surface area (Å²) in [6, 6.07) is 1.94. The van der Waals surface area contributed by atoms with Crippen molar-refractivity contribution in [3.8, 4) is 0 Å². The molecule has 12 heavy (non-hydrogen) atoms. The summed E-state index contributed by atoms with van der Waals surface area (Å²) in [4.78, 5) is 0. The Kier molecular flexibility index (Phi) is 3.22. The Bertz CT molecular complexity index is 301. The lowest BCUT2D eigenvalue weighted by molar-refractivity contribution is 0.146. The summed E-state index contributed by atoms with van der Waals surface area (Å²) in [6.07, 6.45) is -2.82. The van der Waals surface area contributed by atoms with Gasteiger partial charge in [0.1, 0.15) is 5.82 Å². The van der Waals surface area contributed by atoms with Gasteiger partial charge in [0.2, 0.25) is 0 Å². The summed E-state index contributed by atoms with van der Waals surface area (Å²) in [5.74, 6) is -0.918. The molecule has 66 valence electrons. The van der Waals surface area contributed by atoms with E-state index in [9.17, 15) is 13.2 Å². The van der Waals surface area contributed by atoms with Crippen LogP contribution in [0.3, 0.4) is 0 Å². The first-order chi connectivity index (χ1) is 5.52. The van der Waals surface area contributed by atoms with Gasteiger partial charge in [0.15, 0.2) is 0 Å². The molecule has 0 N–H and O–H groups in total. The topological polar surface area (TPSA) is 0 Å². The van der Waals surface area contributed by atoms with E-state index in [0.29, 0.717) is 3.57 Å². The van der Waals surface area contributed by atoms with Crippen LogP contribution in [0.15, 0.2) is 12.1 Å². The normalized spacial score (nSPS) is 10.8. The van der Waals surface area contributed by atoms with Gasteiger partial charge in [-0.2, -0.15) is 0 Å². The Morgan fingerprint density at radius 3 is 2.42 bits per heavy atom. The fourth-order valence-corrected chi connectivity index (χ4v) is 1.31. The van der Waals surface area contributed by atoms with Crippen molar-refractivity contribution in [1.82, 2.24) is 0 Å². The lowest BCUT2D eigenvalue weighted by Crippen LogP contribution is -1.91. The molecule has 0 aromatic heterocycles. The van der Waals surface area contributed by atoms with Crippen LogP contribution in [-0.4, -0.2) is 0 Å². The first kappa shape index (κ1) is 10.1. The molecule has 0 aliphatic heterocycles. The molecule has 0 heterocycles. The van der Waals surface area contributed by atoms with E-state index in [1.54, 1.807) is 22.6 Å². The van der Waals surface area contributed by atoms with E-state index in [0.717, 1.165) is 12.1 Å². The quantitative estimate of drug-likeness (QED) is 0.543. The fourth-order valence-electron chi connectivity index (χ4n) is 0.705. The van der Waals surface area contributed by atoms with Crippen LogP contribution in [-0.2, 0) is 0 Å². The van der Waals surface area contributed by atoms with Crippen LogP contribution in [0.2, 0.25) is 5.02 Å². The molecular weight excluding hydrogens is 303 g/mol. The Labute approximate surface area is 85.9 Å². The number of hydrogen-bond donors (Lipinski definition) is 0. The van der Waals surface area contributed by atoms with E-state index in [-0.39, 0.29) is 5.02 Å². The van der Waals surface area contributed by atoms with E-state index in [2.05, 4.69) is 0 Å². The average Bonchev–Trinajstić information content (AvgIpc) is 1.96. The van der Waals surface area contributed by atoms with Gasteiger partial charge in [0.25, 0.3) is 6.43 Å². The van der Waals surface area contributed by atoms with Gasteiger partial charge >= 0.3 is 0 Å². The van der Waals surface area contributed by atoms with Crippen molar-refractivity contribution in [2.24, 2.45) is 0 Å². The molecule has 0 amide bonds. The summed E-state index contributed by atoms with van der Waals surface area (Å²) in [6.45, 7) is 0. The van der Waals surface area contributed by atoms with Crippen LogP contribution in [0.4, 0.5) is 13.2 Å². The largest absolute Gasteiger partial charge is 0.266 e. The maximum Gasteiger partial charge on any atom is 0.266 e. The third-order valence-electron chi connectivity index (χ3n) is 1.27. The first-order valence-electron chi connectivity index (χ1n) is 2.95. The zero-order valence-corrected chi connectivity index (χ0v) is 8.54. The van der Waals surface area contributed by atoms with Crippen molar-refractivity contribution in [2.45, 2.75) is 6.43 Å². The van der Waals surface area contributed by atoms with Gasteiger partial charge in [0, 0.05) is 3.57 Å². The zero-order chi connectivity index (χ0) is 9.30. The van der Waals surface area contributed by atoms with Crippen LogP contribution in [0, 0.1) is 9.39 Å². The molecular formula is C7H3ClF3I. The van der Waals surface area contributed by atoms with Crippen molar-refractivity contribution >= 4 is 34.2 Å². The number of hydrogen-bond acceptors (Lipinski definition) is 0. The minimum absolute atomic E-state index is 0.146. The number of alkyl halides is 2. The van der Waals surface area contributed by atoms with Crippen LogP contribution >= 0.6 is 34.2 Å². The Morgan fingerprint density at radius 1 is 1.33 bits per heavy atom. The van der Waals surface area contributed by atoms with Crippen LogP contribution in [0.1, 0.15) is 12.0 Å². The molecule has 0 saturated heterocycles. The maximum atomic E-state index is 12.7. The number of rotatable bonds is 1. The highest BCUT2D eigenvalue weighted by Crippen LogP contribution is 2.28. The second-order valence-electron chi connectivity index (χ2n) is 2.09. The van der Waals surface area contributed by atoms with Gasteiger partial charge < -0.3 is 0 Å². The lowest BCUT2D eigenvalue weighted by atomic mass is 10.2. The van der Waals surface area contributed by atoms with Gasteiger partial charge in [0.05, 0.1) is 10.6 Å². The van der Waals surface area contributed by atoms with E-state index >= 15 is 0 Å². The Balaban J connectivity index is 3.23. The standard InChI is InChI=1S/C7H3ClF3I/c8-4-1-3(7(10)11)5(9)2-6(4)12/h1-2,7H. The van der Waals surface area contributed by atoms with E-state index < -0.39 is 17.8 Å². The fraction of sp³-hybridized carbons (Fsp3) is 0.143. The highest BCUT2D eigenvalue weighted by atomic mass is 127. The first-order valence-corrected chi connectivity index (χ1v) is 4.40. The monoisotopic (exact) mass is 306 g/mol. The van der Waals surface area contributed by atoms with Gasteiger partial charge in [-0.3, -0.25) is 0 Å². The van der Waals surface area contributed by atoms with Crippen molar-refractivity contribution in [2.75, 3.05) is 0 Å². The molecule has 0 nitrogen and oxygen atoms in total. The molecule has 0 atom stereocenters. The van der Waals surface area contributed by atoms with Gasteiger partial charge in [-0.05, 0) is 34.7 Å². The van der Waals surface area contributed by atoms with Crippen LogP contribution < -0.4 is 0 Å². The maximum absolute atomic E-state index is 12.7. The van der Waals surface area contributed by atoms with Gasteiger partial charge in [-0.15, -0.1) is 0 Å². The van der Waals surface area contributed by atoms with Crippen molar-refractivity contribution < 1.29 is 13.2 Å². The van der Waals surface area contributed by atoms with Gasteiger partial charge in [-0.25, -0.2) is 13.2 Å². The minimum Gasteiger partial charge on any atom is -0.206 e. The predicted octanol–water partition coefficient (Wildman–Crippen LogP) is 4.02. The van der Waals surface area contributed by atoms with Crippen molar-refractivity contribution in [3.63, 3.8) is 0 Å². The summed E-state index contributed by atoms with van der Waals surface area (Å²) in [5, 5.41) is 0.146. The third-order valence-corrected chi connectivity index (χ3v) is 2.80. The van der Waals surface area contributed by atoms with Crippen molar-refractivity contribution in [1.29, 1.82) is 0 Å². The molecule has 1 aromatic rings. The van der Waals surface area contributed by atoms with E-state index in [1.807, 2.05) is 0 Å². The molecule has 0 radical (unpaired) electrons. The van der Waals surface area contributed by atoms with E-state index in [4.69, 9.17) is 11.6 Å². The second-order valence-corrected chi connectivity index (χ2v) is 3.66. The van der Waals surface area contributed by atoms with Crippen LogP contribution in [0.25, 0.3) is 0 Å². The molecule has 0 fully saturated rings. The Morgan fingerprint density at radius 2 is 1.92 bits per heavy atom. The second kappa shape index (κ2) is 3.83. The molecule has 0 aliphatic carbocycles. The highest BCUT2D eigenvalue weighted by Gasteiger charge is 2.15. The zero-order valence-electron chi connectivity index (χ0n) is 5.62. The highest BCUT2D eigenvalue weighted by molar-refractivity contribution is 14.1. The average molecular weight is 306 g/mol. The summed E-state index contributed by atoms with van der Waals surface area (Å²) >= 11 is 7.30. The lowest BCUT2D eigenvalue weighted by Gasteiger charge is -2.03. The minimum atomic E-state index is -2.82. The third kappa shape index (κ3) is 2.04. The van der Waals surface area contributed by atoms with Crippen LogP contribution in [0.5, 0.6) is 0 Å². The molecule has 0 saturated carbocycles. The SMILES string of the molecule is Fc1cc(I)c(Cl)cc1C(F)F. The predicted molar refractivity (Wildman–Crippen MR) is 49.1 cm³/mol. The summed E-state index contributed by atoms with van der Waals surface area (Å²) < 4.78 is 37.2. The summed E-state index contributed by atoms with van der Waals surface area (Å²) in [5.41, 5.74) is -0.652. The smallest absolute Gasteiger partial charge is 0.206 e. The van der Waals surface area contributed by atoms with E-state index in [1.165, 1.54) is 0 Å². The molecule has 0 spiro atoms. The Hall–Kier alpha value is 0.0300. The van der Waals surface area contributed by atoms with Gasteiger partial charge in [-0.1, -0.05) is 11.6 Å². The van der Waals surface area contributed by atoms with Crippen molar-refractivity contribution in [3.05, 3.63) is 32.1 Å². The number of benzene rings is 1. The summed E-state index contributed by atoms with van der Waals surface area (Å²) in [7, 11) is 0. The molecule has 0 unspecified atom stereocenters. The number of halogens is 5. The molecule has 1 rings (SSSR count). The molecule has 0 aliphatic rings. The molecule has 1 aromatic carbocycles.